The van der Waals surface area contributed by atoms with E-state index in [1.165, 1.54) is 0 Å². The molecular weight excluding hydrogens is 269 g/mol. The van der Waals surface area contributed by atoms with Crippen LogP contribution in [0.3, 0.4) is 0 Å². The highest BCUT2D eigenvalue weighted by Crippen LogP contribution is 2.37. The highest BCUT2D eigenvalue weighted by molar-refractivity contribution is 14.1. The molecule has 0 aromatic rings. The topological polar surface area (TPSA) is 29.5 Å². The summed E-state index contributed by atoms with van der Waals surface area (Å²) in [7, 11) is 0. The van der Waals surface area contributed by atoms with Crippen molar-refractivity contribution in [2.24, 2.45) is 0 Å². The van der Waals surface area contributed by atoms with Crippen molar-refractivity contribution < 1.29 is 9.53 Å². The number of hydrogen-bond donors (Lipinski definition) is 0. The van der Waals surface area contributed by atoms with Gasteiger partial charge in [0.15, 0.2) is 0 Å². The average Bonchev–Trinajstić information content (AvgIpc) is 2.58. The monoisotopic (exact) mass is 281 g/mol. The number of cyclic esters (lactones) is 1. The largest absolute Gasteiger partial charge is 0.440 e. The van der Waals surface area contributed by atoms with Gasteiger partial charge in [-0.15, -0.1) is 0 Å². The van der Waals surface area contributed by atoms with Crippen LogP contribution in [0, 0.1) is 0 Å². The molecule has 2 atom stereocenters. The first-order valence-electron chi connectivity index (χ1n) is 4.23. The van der Waals surface area contributed by atoms with Gasteiger partial charge in [-0.05, 0) is 19.8 Å². The molecule has 2 aliphatic rings. The fraction of sp³-hybridized carbons (Fsp3) is 0.875. The SMILES string of the molecule is C[C@]1(CI)OC(=O)N2CCC[C@H]21. The van der Waals surface area contributed by atoms with Gasteiger partial charge in [0, 0.05) is 11.0 Å². The summed E-state index contributed by atoms with van der Waals surface area (Å²) in [5.41, 5.74) is -0.228. The maximum Gasteiger partial charge on any atom is 0.410 e. The maximum atomic E-state index is 11.3. The van der Waals surface area contributed by atoms with Crippen molar-refractivity contribution in [1.82, 2.24) is 4.90 Å². The number of nitrogens with zero attached hydrogens (tertiary/aromatic N) is 1. The van der Waals surface area contributed by atoms with Gasteiger partial charge in [-0.25, -0.2) is 4.79 Å². The highest BCUT2D eigenvalue weighted by atomic mass is 127. The van der Waals surface area contributed by atoms with Crippen molar-refractivity contribution in [3.05, 3.63) is 0 Å². The van der Waals surface area contributed by atoms with E-state index in [4.69, 9.17) is 4.74 Å². The normalized spacial score (nSPS) is 40.0. The van der Waals surface area contributed by atoms with Crippen LogP contribution in [0.2, 0.25) is 0 Å². The molecule has 1 amide bonds. The van der Waals surface area contributed by atoms with Crippen molar-refractivity contribution in [3.8, 4) is 0 Å². The van der Waals surface area contributed by atoms with E-state index in [0.29, 0.717) is 6.04 Å². The average molecular weight is 281 g/mol. The van der Waals surface area contributed by atoms with Crippen molar-refractivity contribution in [2.75, 3.05) is 11.0 Å². The van der Waals surface area contributed by atoms with Crippen molar-refractivity contribution >= 4 is 28.7 Å². The maximum absolute atomic E-state index is 11.3. The minimum Gasteiger partial charge on any atom is -0.440 e. The molecule has 0 bridgehead atoms. The molecule has 0 N–H and O–H groups in total. The predicted octanol–water partition coefficient (Wildman–Crippen LogP) is 1.79. The van der Waals surface area contributed by atoms with Gasteiger partial charge in [0.05, 0.1) is 6.04 Å². The van der Waals surface area contributed by atoms with Crippen LogP contribution in [-0.2, 0) is 4.74 Å². The van der Waals surface area contributed by atoms with E-state index in [2.05, 4.69) is 22.6 Å². The number of ether oxygens (including phenoxy) is 1. The molecule has 0 spiro atoms. The lowest BCUT2D eigenvalue weighted by Gasteiger charge is -2.25. The van der Waals surface area contributed by atoms with E-state index in [9.17, 15) is 4.79 Å². The molecule has 12 heavy (non-hydrogen) atoms. The lowest BCUT2D eigenvalue weighted by atomic mass is 9.98. The van der Waals surface area contributed by atoms with Crippen LogP contribution < -0.4 is 0 Å². The van der Waals surface area contributed by atoms with Crippen LogP contribution in [0.1, 0.15) is 19.8 Å². The summed E-state index contributed by atoms with van der Waals surface area (Å²) in [6.45, 7) is 2.92. The number of hydrogen-bond acceptors (Lipinski definition) is 2. The van der Waals surface area contributed by atoms with Gasteiger partial charge in [-0.2, -0.15) is 0 Å². The number of carbonyl (C=O) groups is 1. The van der Waals surface area contributed by atoms with E-state index < -0.39 is 0 Å². The summed E-state index contributed by atoms with van der Waals surface area (Å²) in [6.07, 6.45) is 2.12. The Bertz CT molecular complexity index is 221. The number of carbonyl (C=O) groups excluding carboxylic acids is 1. The number of alkyl halides is 1. The third kappa shape index (κ3) is 1.03. The smallest absolute Gasteiger partial charge is 0.410 e. The van der Waals surface area contributed by atoms with Crippen LogP contribution in [0.5, 0.6) is 0 Å². The molecule has 2 rings (SSSR count). The van der Waals surface area contributed by atoms with Gasteiger partial charge in [-0.1, -0.05) is 22.6 Å². The molecule has 68 valence electrons. The number of rotatable bonds is 1. The molecule has 2 aliphatic heterocycles. The van der Waals surface area contributed by atoms with Gasteiger partial charge < -0.3 is 9.64 Å². The lowest BCUT2D eigenvalue weighted by molar-refractivity contribution is 0.0735. The summed E-state index contributed by atoms with van der Waals surface area (Å²) in [5, 5.41) is 0. The summed E-state index contributed by atoms with van der Waals surface area (Å²) in [5.74, 6) is 0. The van der Waals surface area contributed by atoms with E-state index >= 15 is 0 Å². The second kappa shape index (κ2) is 2.75. The van der Waals surface area contributed by atoms with Gasteiger partial charge in [0.2, 0.25) is 0 Å². The third-order valence-electron chi connectivity index (χ3n) is 2.78. The Morgan fingerprint density at radius 2 is 2.58 bits per heavy atom. The van der Waals surface area contributed by atoms with E-state index in [1.807, 2.05) is 11.8 Å². The first-order valence-corrected chi connectivity index (χ1v) is 5.75. The van der Waals surface area contributed by atoms with Crippen molar-refractivity contribution in [3.63, 3.8) is 0 Å². The van der Waals surface area contributed by atoms with Crippen LogP contribution >= 0.6 is 22.6 Å². The molecule has 0 aromatic carbocycles. The quantitative estimate of drug-likeness (QED) is 0.542. The first-order chi connectivity index (χ1) is 5.67. The summed E-state index contributed by atoms with van der Waals surface area (Å²) >= 11 is 2.29. The molecule has 3 nitrogen and oxygen atoms in total. The Labute approximate surface area is 85.6 Å². The zero-order chi connectivity index (χ0) is 8.77. The third-order valence-corrected chi connectivity index (χ3v) is 4.29. The van der Waals surface area contributed by atoms with Gasteiger partial charge in [-0.3, -0.25) is 0 Å². The molecule has 2 fully saturated rings. The van der Waals surface area contributed by atoms with Crippen LogP contribution in [-0.4, -0.2) is 33.6 Å². The van der Waals surface area contributed by atoms with Crippen molar-refractivity contribution in [2.45, 2.75) is 31.4 Å². The lowest BCUT2D eigenvalue weighted by Crippen LogP contribution is -2.40. The standard InChI is InChI=1S/C8H12INO2/c1-8(5-9)6-3-2-4-10(6)7(11)12-8/h6H,2-5H2,1H3/t6-,8+/m0/s1. The highest BCUT2D eigenvalue weighted by Gasteiger charge is 2.51. The number of fused-ring (bicyclic) bond motifs is 1. The Balaban J connectivity index is 2.25. The summed E-state index contributed by atoms with van der Waals surface area (Å²) in [4.78, 5) is 13.2. The van der Waals surface area contributed by atoms with E-state index in [0.717, 1.165) is 23.8 Å². The van der Waals surface area contributed by atoms with Gasteiger partial charge >= 0.3 is 6.09 Å². The molecular formula is C8H12INO2. The van der Waals surface area contributed by atoms with E-state index in [1.54, 1.807) is 0 Å². The molecule has 0 saturated carbocycles. The molecule has 2 heterocycles. The number of halogens is 1. The Morgan fingerprint density at radius 3 is 3.25 bits per heavy atom. The molecule has 4 heteroatoms. The van der Waals surface area contributed by atoms with Gasteiger partial charge in [0.1, 0.15) is 5.60 Å². The minimum atomic E-state index is -0.228. The fourth-order valence-electron chi connectivity index (χ4n) is 2.06. The number of amides is 1. The molecule has 2 saturated heterocycles. The molecule has 0 aromatic heterocycles. The Morgan fingerprint density at radius 1 is 1.83 bits per heavy atom. The summed E-state index contributed by atoms with van der Waals surface area (Å²) < 4.78 is 6.23. The van der Waals surface area contributed by atoms with Crippen LogP contribution in [0.4, 0.5) is 4.79 Å². The summed E-state index contributed by atoms with van der Waals surface area (Å²) in [6, 6.07) is 0.335. The van der Waals surface area contributed by atoms with Gasteiger partial charge in [0.25, 0.3) is 0 Å². The fourth-order valence-corrected chi connectivity index (χ4v) is 2.73. The Kier molecular flexibility index (Phi) is 1.97. The van der Waals surface area contributed by atoms with E-state index in [-0.39, 0.29) is 11.7 Å². The van der Waals surface area contributed by atoms with Crippen molar-refractivity contribution in [1.29, 1.82) is 0 Å². The second-order valence-corrected chi connectivity index (χ2v) is 4.43. The minimum absolute atomic E-state index is 0.114. The van der Waals surface area contributed by atoms with Crippen LogP contribution in [0.25, 0.3) is 0 Å². The Hall–Kier alpha value is 0. The molecule has 0 unspecified atom stereocenters. The zero-order valence-corrected chi connectivity index (χ0v) is 9.20. The van der Waals surface area contributed by atoms with Crippen LogP contribution in [0.15, 0.2) is 0 Å². The second-order valence-electron chi connectivity index (χ2n) is 3.67. The first kappa shape index (κ1) is 8.59. The molecule has 0 aliphatic carbocycles. The zero-order valence-electron chi connectivity index (χ0n) is 7.05. The molecule has 0 radical (unpaired) electrons. The predicted molar refractivity (Wildman–Crippen MR) is 53.5 cm³/mol.